The molecule has 1 rings (SSSR count). The molecule has 3 N–H and O–H groups in total. The Morgan fingerprint density at radius 2 is 2.00 bits per heavy atom. The highest BCUT2D eigenvalue weighted by atomic mass is 19.1. The molecule has 0 fully saturated rings. The van der Waals surface area contributed by atoms with E-state index in [0.29, 0.717) is 17.7 Å². The zero-order valence-electron chi connectivity index (χ0n) is 11.8. The SMILES string of the molecule is Cc1ccc(NC(=O)NC(C)(C)CCC(=O)O)cc1F. The first-order valence-electron chi connectivity index (χ1n) is 6.27. The summed E-state index contributed by atoms with van der Waals surface area (Å²) in [4.78, 5) is 22.3. The van der Waals surface area contributed by atoms with Crippen LogP contribution in [0, 0.1) is 12.7 Å². The first-order chi connectivity index (χ1) is 9.19. The summed E-state index contributed by atoms with van der Waals surface area (Å²) in [6.07, 6.45) is 0.268. The Bertz CT molecular complexity index is 515. The standard InChI is InChI=1S/C14H19FN2O3/c1-9-4-5-10(8-11(9)15)16-13(20)17-14(2,3)7-6-12(18)19/h4-5,8H,6-7H2,1-3H3,(H,18,19)(H2,16,17,20). The summed E-state index contributed by atoms with van der Waals surface area (Å²) in [7, 11) is 0. The van der Waals surface area contributed by atoms with Crippen LogP contribution in [-0.4, -0.2) is 22.6 Å². The van der Waals surface area contributed by atoms with Crippen LogP contribution in [-0.2, 0) is 4.79 Å². The van der Waals surface area contributed by atoms with Gasteiger partial charge in [0.05, 0.1) is 0 Å². The predicted octanol–water partition coefficient (Wildman–Crippen LogP) is 2.90. The third-order valence-corrected chi connectivity index (χ3v) is 2.85. The molecule has 0 aliphatic carbocycles. The number of carboxylic acid groups (broad SMARTS) is 1. The van der Waals surface area contributed by atoms with E-state index in [-0.39, 0.29) is 6.42 Å². The summed E-state index contributed by atoms with van der Waals surface area (Å²) in [5, 5.41) is 13.8. The number of benzene rings is 1. The number of halogens is 1. The molecule has 5 nitrogen and oxygen atoms in total. The molecular formula is C14H19FN2O3. The third-order valence-electron chi connectivity index (χ3n) is 2.85. The molecule has 0 aliphatic heterocycles. The van der Waals surface area contributed by atoms with Crippen molar-refractivity contribution < 1.29 is 19.1 Å². The van der Waals surface area contributed by atoms with Crippen LogP contribution in [0.5, 0.6) is 0 Å². The summed E-state index contributed by atoms with van der Waals surface area (Å²) in [5.74, 6) is -1.31. The van der Waals surface area contributed by atoms with Gasteiger partial charge in [-0.1, -0.05) is 6.07 Å². The Morgan fingerprint density at radius 1 is 1.35 bits per heavy atom. The van der Waals surface area contributed by atoms with Gasteiger partial charge in [-0.3, -0.25) is 4.79 Å². The Labute approximate surface area is 117 Å². The van der Waals surface area contributed by atoms with Gasteiger partial charge in [0, 0.05) is 17.6 Å². The molecule has 0 atom stereocenters. The maximum absolute atomic E-state index is 13.3. The van der Waals surface area contributed by atoms with E-state index >= 15 is 0 Å². The van der Waals surface area contributed by atoms with E-state index in [1.807, 2.05) is 0 Å². The molecule has 1 aromatic rings. The summed E-state index contributed by atoms with van der Waals surface area (Å²) in [5.41, 5.74) is 0.184. The number of hydrogen-bond acceptors (Lipinski definition) is 2. The van der Waals surface area contributed by atoms with Gasteiger partial charge in [-0.25, -0.2) is 9.18 Å². The van der Waals surface area contributed by atoms with E-state index in [0.717, 1.165) is 0 Å². The summed E-state index contributed by atoms with van der Waals surface area (Å²) < 4.78 is 13.3. The second-order valence-corrected chi connectivity index (χ2v) is 5.32. The number of hydrogen-bond donors (Lipinski definition) is 3. The Morgan fingerprint density at radius 3 is 2.55 bits per heavy atom. The van der Waals surface area contributed by atoms with Crippen LogP contribution < -0.4 is 10.6 Å². The quantitative estimate of drug-likeness (QED) is 0.777. The summed E-state index contributed by atoms with van der Waals surface area (Å²) in [6.45, 7) is 5.09. The van der Waals surface area contributed by atoms with E-state index in [1.165, 1.54) is 6.07 Å². The fraction of sp³-hybridized carbons (Fsp3) is 0.429. The van der Waals surface area contributed by atoms with Gasteiger partial charge in [-0.15, -0.1) is 0 Å². The van der Waals surface area contributed by atoms with Gasteiger partial charge >= 0.3 is 12.0 Å². The monoisotopic (exact) mass is 282 g/mol. The molecule has 2 amide bonds. The van der Waals surface area contributed by atoms with Crippen molar-refractivity contribution in [3.8, 4) is 0 Å². The number of carbonyl (C=O) groups excluding carboxylic acids is 1. The second kappa shape index (κ2) is 6.36. The molecule has 1 aromatic carbocycles. The molecule has 0 bridgehead atoms. The normalized spacial score (nSPS) is 11.0. The van der Waals surface area contributed by atoms with Gasteiger partial charge in [-0.05, 0) is 44.9 Å². The van der Waals surface area contributed by atoms with Crippen LogP contribution in [0.25, 0.3) is 0 Å². The van der Waals surface area contributed by atoms with Crippen molar-refractivity contribution in [2.24, 2.45) is 0 Å². The van der Waals surface area contributed by atoms with Gasteiger partial charge in [0.2, 0.25) is 0 Å². The van der Waals surface area contributed by atoms with Crippen molar-refractivity contribution in [2.75, 3.05) is 5.32 Å². The lowest BCUT2D eigenvalue weighted by molar-refractivity contribution is -0.137. The van der Waals surface area contributed by atoms with Crippen molar-refractivity contribution >= 4 is 17.7 Å². The number of aliphatic carboxylic acids is 1. The van der Waals surface area contributed by atoms with Gasteiger partial charge < -0.3 is 15.7 Å². The van der Waals surface area contributed by atoms with E-state index in [9.17, 15) is 14.0 Å². The third kappa shape index (κ3) is 5.26. The minimum absolute atomic E-state index is 0.0353. The Kier molecular flexibility index (Phi) is 5.07. The van der Waals surface area contributed by atoms with E-state index in [1.54, 1.807) is 32.9 Å². The largest absolute Gasteiger partial charge is 0.481 e. The molecule has 110 valence electrons. The molecule has 0 aromatic heterocycles. The highest BCUT2D eigenvalue weighted by Crippen LogP contribution is 2.15. The molecule has 0 spiro atoms. The number of nitrogens with one attached hydrogen (secondary N) is 2. The van der Waals surface area contributed by atoms with E-state index in [4.69, 9.17) is 5.11 Å². The molecular weight excluding hydrogens is 263 g/mol. The maximum Gasteiger partial charge on any atom is 0.319 e. The van der Waals surface area contributed by atoms with Crippen LogP contribution in [0.15, 0.2) is 18.2 Å². The zero-order valence-corrected chi connectivity index (χ0v) is 11.8. The van der Waals surface area contributed by atoms with Crippen molar-refractivity contribution in [3.05, 3.63) is 29.6 Å². The predicted molar refractivity (Wildman–Crippen MR) is 74.2 cm³/mol. The minimum Gasteiger partial charge on any atom is -0.481 e. The lowest BCUT2D eigenvalue weighted by atomic mass is 9.99. The number of rotatable bonds is 5. The van der Waals surface area contributed by atoms with Crippen LogP contribution in [0.1, 0.15) is 32.3 Å². The van der Waals surface area contributed by atoms with Crippen molar-refractivity contribution in [1.82, 2.24) is 5.32 Å². The number of amides is 2. The van der Waals surface area contributed by atoms with Crippen molar-refractivity contribution in [3.63, 3.8) is 0 Å². The van der Waals surface area contributed by atoms with Crippen molar-refractivity contribution in [1.29, 1.82) is 0 Å². The maximum atomic E-state index is 13.3. The minimum atomic E-state index is -0.916. The van der Waals surface area contributed by atoms with Crippen LogP contribution in [0.4, 0.5) is 14.9 Å². The van der Waals surface area contributed by atoms with Crippen LogP contribution in [0.3, 0.4) is 0 Å². The summed E-state index contributed by atoms with van der Waals surface area (Å²) >= 11 is 0. The molecule has 0 unspecified atom stereocenters. The summed E-state index contributed by atoms with van der Waals surface area (Å²) in [6, 6.07) is 3.91. The van der Waals surface area contributed by atoms with Gasteiger partial charge in [0.15, 0.2) is 0 Å². The molecule has 20 heavy (non-hydrogen) atoms. The highest BCUT2D eigenvalue weighted by molar-refractivity contribution is 5.89. The van der Waals surface area contributed by atoms with Gasteiger partial charge in [0.1, 0.15) is 5.82 Å². The number of carboxylic acids is 1. The average molecular weight is 282 g/mol. The topological polar surface area (TPSA) is 78.4 Å². The van der Waals surface area contributed by atoms with Crippen LogP contribution >= 0.6 is 0 Å². The fourth-order valence-corrected chi connectivity index (χ4v) is 1.62. The van der Waals surface area contributed by atoms with E-state index < -0.39 is 23.4 Å². The highest BCUT2D eigenvalue weighted by Gasteiger charge is 2.21. The number of urea groups is 1. The van der Waals surface area contributed by atoms with Crippen molar-refractivity contribution in [2.45, 2.75) is 39.2 Å². The van der Waals surface area contributed by atoms with Gasteiger partial charge in [-0.2, -0.15) is 0 Å². The molecule has 0 saturated carbocycles. The second-order valence-electron chi connectivity index (χ2n) is 5.32. The zero-order chi connectivity index (χ0) is 15.3. The Balaban J connectivity index is 2.58. The number of carbonyl (C=O) groups is 2. The molecule has 6 heteroatoms. The lowest BCUT2D eigenvalue weighted by Gasteiger charge is -2.25. The number of anilines is 1. The number of aryl methyl sites for hydroxylation is 1. The molecule has 0 radical (unpaired) electrons. The molecule has 0 heterocycles. The van der Waals surface area contributed by atoms with Gasteiger partial charge in [0.25, 0.3) is 0 Å². The lowest BCUT2D eigenvalue weighted by Crippen LogP contribution is -2.45. The first kappa shape index (κ1) is 15.9. The Hall–Kier alpha value is -2.11. The smallest absolute Gasteiger partial charge is 0.319 e. The fourth-order valence-electron chi connectivity index (χ4n) is 1.62. The van der Waals surface area contributed by atoms with Crippen LogP contribution in [0.2, 0.25) is 0 Å². The first-order valence-corrected chi connectivity index (χ1v) is 6.27. The van der Waals surface area contributed by atoms with E-state index in [2.05, 4.69) is 10.6 Å². The average Bonchev–Trinajstić information content (AvgIpc) is 2.31. The molecule has 0 saturated heterocycles. The molecule has 0 aliphatic rings.